The van der Waals surface area contributed by atoms with Crippen LogP contribution in [0.2, 0.25) is 0 Å². The molecule has 13 rings (SSSR count). The molecule has 1 aromatic heterocycles. The van der Waals surface area contributed by atoms with Gasteiger partial charge in [0.25, 0.3) is 0 Å². The van der Waals surface area contributed by atoms with Crippen LogP contribution in [0.15, 0.2) is 192 Å². The number of hydrogen-bond acceptors (Lipinski definition) is 2. The van der Waals surface area contributed by atoms with Gasteiger partial charge in [0, 0.05) is 37.4 Å². The lowest BCUT2D eigenvalue weighted by molar-refractivity contribution is 0.429. The van der Waals surface area contributed by atoms with Crippen molar-refractivity contribution in [3.63, 3.8) is 0 Å². The van der Waals surface area contributed by atoms with E-state index in [2.05, 4.69) is 193 Å². The summed E-state index contributed by atoms with van der Waals surface area (Å²) < 4.78 is 23.5. The van der Waals surface area contributed by atoms with Crippen molar-refractivity contribution in [2.24, 2.45) is 0 Å². The maximum Gasteiger partial charge on any atom is 0.132 e. The third kappa shape index (κ3) is 4.37. The van der Waals surface area contributed by atoms with Crippen LogP contribution in [0, 0.1) is 0 Å². The van der Waals surface area contributed by atoms with Crippen LogP contribution in [-0.2, 0) is 18.3 Å². The Bertz CT molecular complexity index is 3330. The van der Waals surface area contributed by atoms with Gasteiger partial charge in [-0.3, -0.25) is 0 Å². The molecule has 1 atom stereocenters. The highest BCUT2D eigenvalue weighted by atomic mass is 32.3. The molecule has 3 heterocycles. The van der Waals surface area contributed by atoms with Crippen molar-refractivity contribution in [3.8, 4) is 28.3 Å². The molecule has 60 heavy (non-hydrogen) atoms. The molecule has 2 aliphatic heterocycles. The monoisotopic (exact) mass is 793 g/mol. The van der Waals surface area contributed by atoms with E-state index < -0.39 is 14.4 Å². The Hall–Kier alpha value is -6.46. The number of ether oxygens (including phenoxy) is 1. The van der Waals surface area contributed by atoms with Gasteiger partial charge in [0.15, 0.2) is 0 Å². The minimum atomic E-state index is -3.56. The first-order valence-electron chi connectivity index (χ1n) is 21.2. The zero-order valence-corrected chi connectivity index (χ0v) is 34.3. The molecule has 8 aromatic carbocycles. The van der Waals surface area contributed by atoms with Gasteiger partial charge in [-0.1, -0.05) is 133 Å². The summed E-state index contributed by atoms with van der Waals surface area (Å²) in [5, 5.41) is 2.55. The maximum absolute atomic E-state index is 14.4. The topological polar surface area (TPSA) is 34.4 Å². The zero-order chi connectivity index (χ0) is 39.8. The minimum Gasteiger partial charge on any atom is -0.457 e. The summed E-state index contributed by atoms with van der Waals surface area (Å²) in [6, 6.07) is 66.6. The fourth-order valence-electron chi connectivity index (χ4n) is 11.7. The van der Waals surface area contributed by atoms with E-state index in [1.807, 2.05) is 0 Å². The van der Waals surface area contributed by atoms with Crippen LogP contribution in [0.3, 0.4) is 0 Å². The smallest absolute Gasteiger partial charge is 0.132 e. The molecule has 0 saturated heterocycles. The first-order chi connectivity index (χ1) is 29.4. The van der Waals surface area contributed by atoms with Crippen LogP contribution in [-0.4, -0.2) is 20.2 Å². The summed E-state index contributed by atoms with van der Waals surface area (Å²) in [5.74, 6) is 1.96. The molecule has 3 nitrogen and oxygen atoms in total. The highest BCUT2D eigenvalue weighted by molar-refractivity contribution is 8.43. The molecule has 0 amide bonds. The predicted molar refractivity (Wildman–Crippen MR) is 248 cm³/mol. The summed E-state index contributed by atoms with van der Waals surface area (Å²) in [6.45, 7) is 0. The van der Waals surface area contributed by atoms with E-state index in [0.29, 0.717) is 0 Å². The average Bonchev–Trinajstić information content (AvgIpc) is 4.13. The highest BCUT2D eigenvalue weighted by Crippen LogP contribution is 2.80. The maximum atomic E-state index is 14.4. The van der Waals surface area contributed by atoms with E-state index in [-0.39, 0.29) is 5.92 Å². The van der Waals surface area contributed by atoms with Crippen LogP contribution in [0.1, 0.15) is 57.7 Å². The normalized spacial score (nSPS) is 19.0. The lowest BCUT2D eigenvalue weighted by Gasteiger charge is -2.56. The average molecular weight is 794 g/mol. The van der Waals surface area contributed by atoms with Crippen LogP contribution < -0.4 is 4.74 Å². The molecule has 0 bridgehead atoms. The first kappa shape index (κ1) is 34.4. The number of para-hydroxylation sites is 4. The van der Waals surface area contributed by atoms with E-state index in [9.17, 15) is 4.55 Å². The molecule has 9 aromatic rings. The number of benzene rings is 8. The molecule has 1 N–H and O–H groups in total. The quantitative estimate of drug-likeness (QED) is 0.177. The van der Waals surface area contributed by atoms with E-state index in [1.165, 1.54) is 65.7 Å². The Labute approximate surface area is 350 Å². The van der Waals surface area contributed by atoms with Gasteiger partial charge < -0.3 is 13.9 Å². The van der Waals surface area contributed by atoms with Gasteiger partial charge in [-0.15, -0.1) is 9.03 Å². The summed E-state index contributed by atoms with van der Waals surface area (Å²) in [4.78, 5) is 3.50. The van der Waals surface area contributed by atoms with Crippen LogP contribution in [0.5, 0.6) is 11.5 Å². The van der Waals surface area contributed by atoms with Gasteiger partial charge in [0.05, 0.1) is 16.4 Å². The molecule has 1 spiro atoms. The van der Waals surface area contributed by atoms with Gasteiger partial charge in [0.2, 0.25) is 0 Å². The van der Waals surface area contributed by atoms with Gasteiger partial charge in [-0.2, -0.15) is 0 Å². The zero-order valence-electron chi connectivity index (χ0n) is 33.4. The fourth-order valence-corrected chi connectivity index (χ4v) is 16.3. The van der Waals surface area contributed by atoms with Crippen molar-refractivity contribution in [1.29, 1.82) is 0 Å². The van der Waals surface area contributed by atoms with E-state index >= 15 is 0 Å². The van der Waals surface area contributed by atoms with E-state index in [1.54, 1.807) is 0 Å². The molecule has 290 valence electrons. The number of rotatable bonds is 2. The third-order valence-electron chi connectivity index (χ3n) is 14.3. The van der Waals surface area contributed by atoms with E-state index in [4.69, 9.17) is 4.74 Å². The SMILES string of the molecule is CS1(O)(=C2CC2)c2ccccc2C2(c3ccccc3Oc3ccccc32)c2ccc3c(c21)-c1ccccc1CC(c1ccc2c(c1)c1ccccc1n2-c1ccccc1)C3. The van der Waals surface area contributed by atoms with E-state index in [0.717, 1.165) is 63.7 Å². The second-order valence-electron chi connectivity index (χ2n) is 17.5. The largest absolute Gasteiger partial charge is 0.457 e. The Morgan fingerprint density at radius 1 is 0.567 bits per heavy atom. The fraction of sp³-hybridized carbons (Fsp3) is 0.125. The Balaban J connectivity index is 1.10. The van der Waals surface area contributed by atoms with Crippen molar-refractivity contribution in [2.75, 3.05) is 6.26 Å². The van der Waals surface area contributed by atoms with Crippen molar-refractivity contribution in [2.45, 2.75) is 46.8 Å². The molecular formula is C56H43NO2S. The number of hydrogen-bond donors (Lipinski definition) is 1. The summed E-state index contributed by atoms with van der Waals surface area (Å²) >= 11 is 0. The molecule has 4 aliphatic rings. The van der Waals surface area contributed by atoms with Crippen LogP contribution in [0.4, 0.5) is 0 Å². The second kappa shape index (κ2) is 12.1. The number of fused-ring (bicyclic) bond motifs is 15. The number of nitrogens with zero attached hydrogens (tertiary/aromatic N) is 1. The van der Waals surface area contributed by atoms with Crippen molar-refractivity contribution < 1.29 is 9.29 Å². The molecule has 0 radical (unpaired) electrons. The molecule has 4 heteroatoms. The predicted octanol–water partition coefficient (Wildman–Crippen LogP) is 14.0. The Morgan fingerprint density at radius 2 is 1.20 bits per heavy atom. The van der Waals surface area contributed by atoms with Gasteiger partial charge in [-0.05, 0) is 130 Å². The lowest BCUT2D eigenvalue weighted by atomic mass is 9.63. The first-order valence-corrected chi connectivity index (χ1v) is 23.7. The van der Waals surface area contributed by atoms with Gasteiger partial charge in [0.1, 0.15) is 11.5 Å². The molecule has 2 aliphatic carbocycles. The summed E-state index contributed by atoms with van der Waals surface area (Å²) in [6.07, 6.45) is 5.89. The van der Waals surface area contributed by atoms with Crippen LogP contribution >= 0.6 is 9.03 Å². The van der Waals surface area contributed by atoms with Crippen molar-refractivity contribution in [1.82, 2.24) is 4.57 Å². The highest BCUT2D eigenvalue weighted by Gasteiger charge is 2.57. The minimum absolute atomic E-state index is 0.232. The number of aromatic nitrogens is 1. The van der Waals surface area contributed by atoms with Gasteiger partial charge in [-0.25, -0.2) is 0 Å². The molecule has 1 saturated carbocycles. The molecular weight excluding hydrogens is 751 g/mol. The standard InChI is InChI=1S/C56H43NO2S/c1-60(58,41-29-30-41)53-26-14-10-22-47(53)56(45-20-8-12-24-51(45)59-52-25-13-9-21-46(52)56)48-31-27-38-34-39(33-37-15-5-6-18-42(37)54(38)55(48)60)36-28-32-50-44(35-36)43-19-7-11-23-49(43)57(50)40-16-3-2-4-17-40/h2-28,31-32,35,39,58H,29-30,33-34H2,1H3. The van der Waals surface area contributed by atoms with Crippen molar-refractivity contribution in [3.05, 3.63) is 221 Å². The molecule has 1 fully saturated rings. The molecule has 1 unspecified atom stereocenters. The Morgan fingerprint density at radius 3 is 1.98 bits per heavy atom. The lowest BCUT2D eigenvalue weighted by Crippen LogP contribution is -2.40. The van der Waals surface area contributed by atoms with Crippen LogP contribution in [0.25, 0.3) is 38.6 Å². The second-order valence-corrected chi connectivity index (χ2v) is 21.6. The summed E-state index contributed by atoms with van der Waals surface area (Å²) in [7, 11) is -3.56. The van der Waals surface area contributed by atoms with Crippen molar-refractivity contribution >= 4 is 35.7 Å². The third-order valence-corrected chi connectivity index (χ3v) is 19.0. The Kier molecular flexibility index (Phi) is 6.92. The summed E-state index contributed by atoms with van der Waals surface area (Å²) in [5.41, 5.74) is 14.0. The van der Waals surface area contributed by atoms with Gasteiger partial charge >= 0.3 is 0 Å².